The second-order valence-electron chi connectivity index (χ2n) is 4.22. The van der Waals surface area contributed by atoms with Gasteiger partial charge in [-0.05, 0) is 30.5 Å². The molecule has 0 aliphatic rings. The molecule has 2 nitrogen and oxygen atoms in total. The van der Waals surface area contributed by atoms with Crippen molar-refractivity contribution < 1.29 is 4.74 Å². The number of ether oxygens (including phenoxy) is 1. The van der Waals surface area contributed by atoms with Crippen molar-refractivity contribution in [3.63, 3.8) is 0 Å². The first kappa shape index (κ1) is 12.9. The Hall–Kier alpha value is -2.53. The molecule has 2 aromatic rings. The van der Waals surface area contributed by atoms with E-state index < -0.39 is 0 Å². The summed E-state index contributed by atoms with van der Waals surface area (Å²) < 4.78 is 5.30. The molecule has 0 fully saturated rings. The number of rotatable bonds is 2. The van der Waals surface area contributed by atoms with Crippen molar-refractivity contribution in [2.75, 3.05) is 0 Å². The summed E-state index contributed by atoms with van der Waals surface area (Å²) in [7, 11) is 0. The molecule has 0 bridgehead atoms. The predicted octanol–water partition coefficient (Wildman–Crippen LogP) is 3.54. The molecule has 2 rings (SSSR count). The van der Waals surface area contributed by atoms with Gasteiger partial charge >= 0.3 is 0 Å². The average molecular weight is 249 g/mol. The Bertz CT molecular complexity index is 603. The van der Waals surface area contributed by atoms with Gasteiger partial charge in [-0.2, -0.15) is 0 Å². The Morgan fingerprint density at radius 1 is 1.05 bits per heavy atom. The maximum atomic E-state index is 7.63. The van der Waals surface area contributed by atoms with Crippen LogP contribution in [0.2, 0.25) is 0 Å². The summed E-state index contributed by atoms with van der Waals surface area (Å²) in [6, 6.07) is 17.6. The zero-order chi connectivity index (χ0) is 13.5. The third-order valence-electron chi connectivity index (χ3n) is 2.60. The third-order valence-corrected chi connectivity index (χ3v) is 2.60. The van der Waals surface area contributed by atoms with Gasteiger partial charge < -0.3 is 4.74 Å². The highest BCUT2D eigenvalue weighted by Gasteiger charge is 1.95. The van der Waals surface area contributed by atoms with Gasteiger partial charge in [-0.15, -0.1) is 0 Å². The van der Waals surface area contributed by atoms with Gasteiger partial charge in [0.1, 0.15) is 6.61 Å². The lowest BCUT2D eigenvalue weighted by atomic mass is 10.2. The van der Waals surface area contributed by atoms with Gasteiger partial charge in [-0.1, -0.05) is 53.9 Å². The SMILES string of the molecule is Cc1ccc(COC(=N)C#Cc2ccccc2)cc1. The molecule has 0 spiro atoms. The summed E-state index contributed by atoms with van der Waals surface area (Å²) in [5.41, 5.74) is 3.13. The molecule has 0 aliphatic carbocycles. The maximum Gasteiger partial charge on any atom is 0.261 e. The van der Waals surface area contributed by atoms with Crippen molar-refractivity contribution in [2.45, 2.75) is 13.5 Å². The lowest BCUT2D eigenvalue weighted by Gasteiger charge is -2.03. The van der Waals surface area contributed by atoms with E-state index in [0.717, 1.165) is 11.1 Å². The van der Waals surface area contributed by atoms with E-state index in [1.807, 2.05) is 61.5 Å². The largest absolute Gasteiger partial charge is 0.467 e. The molecule has 0 saturated heterocycles. The Morgan fingerprint density at radius 3 is 2.42 bits per heavy atom. The zero-order valence-electron chi connectivity index (χ0n) is 10.8. The summed E-state index contributed by atoms with van der Waals surface area (Å²) in [4.78, 5) is 0. The molecule has 0 amide bonds. The van der Waals surface area contributed by atoms with Crippen LogP contribution in [0.5, 0.6) is 0 Å². The first-order valence-corrected chi connectivity index (χ1v) is 6.08. The van der Waals surface area contributed by atoms with Crippen LogP contribution in [0.1, 0.15) is 16.7 Å². The molecule has 0 atom stereocenters. The second-order valence-corrected chi connectivity index (χ2v) is 4.22. The van der Waals surface area contributed by atoms with Crippen LogP contribution in [0.4, 0.5) is 0 Å². The van der Waals surface area contributed by atoms with Gasteiger partial charge in [-0.3, -0.25) is 5.41 Å². The summed E-state index contributed by atoms with van der Waals surface area (Å²) >= 11 is 0. The lowest BCUT2D eigenvalue weighted by molar-refractivity contribution is 0.294. The van der Waals surface area contributed by atoms with Gasteiger partial charge in [-0.25, -0.2) is 0 Å². The topological polar surface area (TPSA) is 33.1 Å². The van der Waals surface area contributed by atoms with Crippen LogP contribution in [-0.2, 0) is 11.3 Å². The molecule has 0 aliphatic heterocycles. The van der Waals surface area contributed by atoms with E-state index in [2.05, 4.69) is 11.8 Å². The third kappa shape index (κ3) is 4.33. The van der Waals surface area contributed by atoms with Gasteiger partial charge in [0.25, 0.3) is 5.90 Å². The Kier molecular flexibility index (Phi) is 4.36. The van der Waals surface area contributed by atoms with Gasteiger partial charge in [0.15, 0.2) is 0 Å². The lowest BCUT2D eigenvalue weighted by Crippen LogP contribution is -2.00. The van der Waals surface area contributed by atoms with Crippen LogP contribution in [0.3, 0.4) is 0 Å². The number of hydrogen-bond acceptors (Lipinski definition) is 2. The minimum absolute atomic E-state index is 0.00979. The van der Waals surface area contributed by atoms with Crippen molar-refractivity contribution in [3.05, 3.63) is 71.3 Å². The quantitative estimate of drug-likeness (QED) is 0.493. The number of hydrogen-bond donors (Lipinski definition) is 1. The molecular weight excluding hydrogens is 234 g/mol. The Balaban J connectivity index is 1.89. The molecular formula is C17H15NO. The number of nitrogens with one attached hydrogen (secondary N) is 1. The fourth-order valence-electron chi connectivity index (χ4n) is 1.53. The number of aryl methyl sites for hydroxylation is 1. The van der Waals surface area contributed by atoms with Crippen LogP contribution in [0.15, 0.2) is 54.6 Å². The molecule has 2 aromatic carbocycles. The van der Waals surface area contributed by atoms with Crippen molar-refractivity contribution in [1.29, 1.82) is 5.41 Å². The summed E-state index contributed by atoms with van der Waals surface area (Å²) in [6.45, 7) is 2.42. The van der Waals surface area contributed by atoms with Crippen molar-refractivity contribution >= 4 is 5.90 Å². The van der Waals surface area contributed by atoms with Crippen LogP contribution in [-0.4, -0.2) is 5.90 Å². The molecule has 94 valence electrons. The molecule has 1 N–H and O–H groups in total. The number of benzene rings is 2. The van der Waals surface area contributed by atoms with Crippen LogP contribution < -0.4 is 0 Å². The average Bonchev–Trinajstić information content (AvgIpc) is 2.45. The molecule has 0 radical (unpaired) electrons. The van der Waals surface area contributed by atoms with E-state index in [0.29, 0.717) is 6.61 Å². The van der Waals surface area contributed by atoms with E-state index in [1.165, 1.54) is 5.56 Å². The monoisotopic (exact) mass is 249 g/mol. The second kappa shape index (κ2) is 6.42. The van der Waals surface area contributed by atoms with Crippen LogP contribution >= 0.6 is 0 Å². The standard InChI is InChI=1S/C17H15NO/c1-14-7-9-16(10-8-14)13-19-17(18)12-11-15-5-3-2-4-6-15/h2-10,18H,13H2,1H3. The first-order chi connectivity index (χ1) is 9.24. The fourth-order valence-corrected chi connectivity index (χ4v) is 1.53. The minimum atomic E-state index is -0.00979. The summed E-state index contributed by atoms with van der Waals surface area (Å²) in [6.07, 6.45) is 0. The Labute approximate surface area is 113 Å². The zero-order valence-corrected chi connectivity index (χ0v) is 10.8. The predicted molar refractivity (Wildman–Crippen MR) is 77.0 cm³/mol. The van der Waals surface area contributed by atoms with Gasteiger partial charge in [0.05, 0.1) is 0 Å². The maximum absolute atomic E-state index is 7.63. The molecule has 0 heterocycles. The molecule has 2 heteroatoms. The highest BCUT2D eigenvalue weighted by molar-refractivity contribution is 5.91. The fraction of sp³-hybridized carbons (Fsp3) is 0.118. The van der Waals surface area contributed by atoms with E-state index >= 15 is 0 Å². The van der Waals surface area contributed by atoms with Crippen molar-refractivity contribution in [3.8, 4) is 11.8 Å². The minimum Gasteiger partial charge on any atom is -0.467 e. The van der Waals surface area contributed by atoms with Gasteiger partial charge in [0.2, 0.25) is 0 Å². The van der Waals surface area contributed by atoms with Crippen molar-refractivity contribution in [2.24, 2.45) is 0 Å². The normalized spacial score (nSPS) is 9.32. The van der Waals surface area contributed by atoms with Crippen molar-refractivity contribution in [1.82, 2.24) is 0 Å². The molecule has 0 aromatic heterocycles. The van der Waals surface area contributed by atoms with Gasteiger partial charge in [0, 0.05) is 5.56 Å². The van der Waals surface area contributed by atoms with E-state index in [4.69, 9.17) is 10.1 Å². The molecule has 0 saturated carbocycles. The van der Waals surface area contributed by atoms with E-state index in [1.54, 1.807) is 0 Å². The first-order valence-electron chi connectivity index (χ1n) is 6.08. The molecule has 19 heavy (non-hydrogen) atoms. The Morgan fingerprint density at radius 2 is 1.74 bits per heavy atom. The summed E-state index contributed by atoms with van der Waals surface area (Å²) in [5, 5.41) is 7.63. The highest BCUT2D eigenvalue weighted by Crippen LogP contribution is 2.04. The summed E-state index contributed by atoms with van der Waals surface area (Å²) in [5.74, 6) is 5.57. The van der Waals surface area contributed by atoms with Crippen LogP contribution in [0, 0.1) is 24.2 Å². The van der Waals surface area contributed by atoms with E-state index in [9.17, 15) is 0 Å². The highest BCUT2D eigenvalue weighted by atomic mass is 16.5. The smallest absolute Gasteiger partial charge is 0.261 e. The molecule has 0 unspecified atom stereocenters. The van der Waals surface area contributed by atoms with Crippen LogP contribution in [0.25, 0.3) is 0 Å². The van der Waals surface area contributed by atoms with E-state index in [-0.39, 0.29) is 5.90 Å².